The molecule has 2 N–H and O–H groups in total. The molecule has 4 rings (SSSR count). The van der Waals surface area contributed by atoms with Gasteiger partial charge < -0.3 is 10.2 Å². The van der Waals surface area contributed by atoms with Crippen LogP contribution in [0.1, 0.15) is 61.6 Å². The molecular formula is C20H25NO2. The molecule has 3 nitrogen and oxygen atoms in total. The molecule has 23 heavy (non-hydrogen) atoms. The van der Waals surface area contributed by atoms with Gasteiger partial charge in [0.25, 0.3) is 0 Å². The summed E-state index contributed by atoms with van der Waals surface area (Å²) in [4.78, 5) is 0. The maximum Gasteiger partial charge on any atom is 0.120 e. The standard InChI is InChI=1S/C20H25NO2/c1-20-8-6-14-15(17(20)4-5-19(20)23)3-2-12-11-18(22)13(7-9-21)10-16(12)14/h10-11,14-15,17,19,22-23H,2-8H2,1H3/t14-,15+,17-,19-,20-/m0/s1. The first-order chi connectivity index (χ1) is 11.0. The SMILES string of the molecule is C[C@]12CC[C@@H]3c4cc(CC#N)c(O)cc4CC[C@H]3[C@@H]1CC[C@@H]2O. The molecule has 0 amide bonds. The number of aromatic hydroxyl groups is 1. The Morgan fingerprint density at radius 2 is 2.09 bits per heavy atom. The number of fused-ring (bicyclic) bond motifs is 5. The molecule has 0 radical (unpaired) electrons. The van der Waals surface area contributed by atoms with Crippen LogP contribution in [-0.2, 0) is 12.8 Å². The minimum Gasteiger partial charge on any atom is -0.508 e. The summed E-state index contributed by atoms with van der Waals surface area (Å²) in [6.07, 6.45) is 6.64. The molecule has 0 bridgehead atoms. The van der Waals surface area contributed by atoms with E-state index >= 15 is 0 Å². The van der Waals surface area contributed by atoms with Crippen LogP contribution in [0.2, 0.25) is 0 Å². The first-order valence-corrected chi connectivity index (χ1v) is 8.94. The first-order valence-electron chi connectivity index (χ1n) is 8.94. The monoisotopic (exact) mass is 311 g/mol. The van der Waals surface area contributed by atoms with Crippen molar-refractivity contribution in [3.8, 4) is 11.8 Å². The molecule has 3 heteroatoms. The normalized spacial score (nSPS) is 38.3. The van der Waals surface area contributed by atoms with Crippen LogP contribution in [0.3, 0.4) is 0 Å². The third kappa shape index (κ3) is 2.11. The Kier molecular flexibility index (Phi) is 3.43. The zero-order valence-electron chi connectivity index (χ0n) is 13.8. The predicted octanol–water partition coefficient (Wildman–Crippen LogP) is 3.68. The van der Waals surface area contributed by atoms with E-state index in [0.717, 1.165) is 37.7 Å². The molecule has 122 valence electrons. The van der Waals surface area contributed by atoms with Gasteiger partial charge in [0.05, 0.1) is 18.6 Å². The topological polar surface area (TPSA) is 64.2 Å². The quantitative estimate of drug-likeness (QED) is 0.831. The summed E-state index contributed by atoms with van der Waals surface area (Å²) in [5, 5.41) is 29.6. The number of benzene rings is 1. The maximum atomic E-state index is 10.5. The van der Waals surface area contributed by atoms with Crippen molar-refractivity contribution in [3.05, 3.63) is 28.8 Å². The fraction of sp³-hybridized carbons (Fsp3) is 0.650. The van der Waals surface area contributed by atoms with Gasteiger partial charge in [-0.1, -0.05) is 13.0 Å². The number of aliphatic hydroxyl groups is 1. The first kappa shape index (κ1) is 15.0. The summed E-state index contributed by atoms with van der Waals surface area (Å²) in [6.45, 7) is 2.29. The van der Waals surface area contributed by atoms with E-state index in [4.69, 9.17) is 5.26 Å². The number of phenolic OH excluding ortho intramolecular Hbond substituents is 1. The minimum atomic E-state index is -0.135. The molecule has 0 aromatic heterocycles. The van der Waals surface area contributed by atoms with Crippen LogP contribution in [0.5, 0.6) is 5.75 Å². The van der Waals surface area contributed by atoms with Crippen molar-refractivity contribution < 1.29 is 10.2 Å². The van der Waals surface area contributed by atoms with E-state index < -0.39 is 0 Å². The van der Waals surface area contributed by atoms with Crippen molar-refractivity contribution in [3.63, 3.8) is 0 Å². The number of hydrogen-bond donors (Lipinski definition) is 2. The van der Waals surface area contributed by atoms with Crippen molar-refractivity contribution in [1.29, 1.82) is 5.26 Å². The Balaban J connectivity index is 1.72. The molecule has 3 aliphatic rings. The average Bonchev–Trinajstić information content (AvgIpc) is 2.84. The zero-order valence-corrected chi connectivity index (χ0v) is 13.8. The highest BCUT2D eigenvalue weighted by Gasteiger charge is 2.54. The number of phenols is 1. The highest BCUT2D eigenvalue weighted by molar-refractivity contribution is 5.46. The van der Waals surface area contributed by atoms with E-state index in [9.17, 15) is 10.2 Å². The van der Waals surface area contributed by atoms with E-state index in [1.165, 1.54) is 17.5 Å². The number of aliphatic hydroxyl groups excluding tert-OH is 1. The van der Waals surface area contributed by atoms with Crippen molar-refractivity contribution in [2.75, 3.05) is 0 Å². The van der Waals surface area contributed by atoms with Crippen molar-refractivity contribution in [1.82, 2.24) is 0 Å². The molecule has 0 saturated heterocycles. The van der Waals surface area contributed by atoms with Crippen LogP contribution in [-0.4, -0.2) is 16.3 Å². The largest absolute Gasteiger partial charge is 0.508 e. The lowest BCUT2D eigenvalue weighted by molar-refractivity contribution is -0.0226. The van der Waals surface area contributed by atoms with Crippen LogP contribution in [0.25, 0.3) is 0 Å². The second-order valence-corrected chi connectivity index (χ2v) is 8.07. The van der Waals surface area contributed by atoms with Crippen molar-refractivity contribution in [2.45, 2.75) is 63.9 Å². The Hall–Kier alpha value is -1.53. The van der Waals surface area contributed by atoms with E-state index in [1.54, 1.807) is 0 Å². The van der Waals surface area contributed by atoms with Crippen LogP contribution in [0, 0.1) is 28.6 Å². The smallest absolute Gasteiger partial charge is 0.120 e. The zero-order chi connectivity index (χ0) is 16.2. The van der Waals surface area contributed by atoms with Gasteiger partial charge in [-0.3, -0.25) is 0 Å². The Labute approximate surface area is 138 Å². The van der Waals surface area contributed by atoms with Gasteiger partial charge in [-0.2, -0.15) is 5.26 Å². The molecule has 0 spiro atoms. The average molecular weight is 311 g/mol. The summed E-state index contributed by atoms with van der Waals surface area (Å²) in [5.41, 5.74) is 3.51. The number of nitriles is 1. The van der Waals surface area contributed by atoms with Gasteiger partial charge in [0.1, 0.15) is 5.75 Å². The molecule has 3 aliphatic carbocycles. The van der Waals surface area contributed by atoms with Gasteiger partial charge in [-0.05, 0) is 78.9 Å². The number of aryl methyl sites for hydroxylation is 1. The Bertz CT molecular complexity index is 677. The Morgan fingerprint density at radius 3 is 2.87 bits per heavy atom. The van der Waals surface area contributed by atoms with E-state index in [-0.39, 0.29) is 23.7 Å². The molecule has 0 aliphatic heterocycles. The molecule has 2 saturated carbocycles. The summed E-state index contributed by atoms with van der Waals surface area (Å²) in [7, 11) is 0. The third-order valence-electron chi connectivity index (χ3n) is 7.14. The predicted molar refractivity (Wildman–Crippen MR) is 88.0 cm³/mol. The molecule has 1 aromatic carbocycles. The molecule has 5 atom stereocenters. The summed E-state index contributed by atoms with van der Waals surface area (Å²) < 4.78 is 0. The lowest BCUT2D eigenvalue weighted by atomic mass is 9.55. The highest BCUT2D eigenvalue weighted by Crippen LogP contribution is 2.61. The lowest BCUT2D eigenvalue weighted by Crippen LogP contribution is -2.43. The van der Waals surface area contributed by atoms with Gasteiger partial charge in [0.2, 0.25) is 0 Å². The number of nitrogens with zero attached hydrogens (tertiary/aromatic N) is 1. The molecule has 0 unspecified atom stereocenters. The maximum absolute atomic E-state index is 10.5. The van der Waals surface area contributed by atoms with Gasteiger partial charge in [0, 0.05) is 5.56 Å². The minimum absolute atomic E-state index is 0.102. The summed E-state index contributed by atoms with van der Waals surface area (Å²) >= 11 is 0. The summed E-state index contributed by atoms with van der Waals surface area (Å²) in [6, 6.07) is 6.15. The van der Waals surface area contributed by atoms with Crippen LogP contribution in [0.15, 0.2) is 12.1 Å². The van der Waals surface area contributed by atoms with Crippen molar-refractivity contribution >= 4 is 0 Å². The fourth-order valence-electron chi connectivity index (χ4n) is 5.85. The molecule has 1 aromatic rings. The van der Waals surface area contributed by atoms with Gasteiger partial charge in [0.15, 0.2) is 0 Å². The second-order valence-electron chi connectivity index (χ2n) is 8.07. The van der Waals surface area contributed by atoms with Crippen LogP contribution < -0.4 is 0 Å². The van der Waals surface area contributed by atoms with E-state index in [0.29, 0.717) is 17.8 Å². The third-order valence-corrected chi connectivity index (χ3v) is 7.14. The van der Waals surface area contributed by atoms with Crippen molar-refractivity contribution in [2.24, 2.45) is 17.3 Å². The lowest BCUT2D eigenvalue weighted by Gasteiger charge is -2.50. The fourth-order valence-corrected chi connectivity index (χ4v) is 5.85. The van der Waals surface area contributed by atoms with Gasteiger partial charge in [-0.15, -0.1) is 0 Å². The van der Waals surface area contributed by atoms with E-state index in [1.807, 2.05) is 6.07 Å². The molecular weight excluding hydrogens is 286 g/mol. The highest BCUT2D eigenvalue weighted by atomic mass is 16.3. The number of hydrogen-bond acceptors (Lipinski definition) is 3. The molecule has 0 heterocycles. The summed E-state index contributed by atoms with van der Waals surface area (Å²) in [5.74, 6) is 2.09. The molecule has 2 fully saturated rings. The second kappa shape index (κ2) is 5.24. The van der Waals surface area contributed by atoms with Gasteiger partial charge >= 0.3 is 0 Å². The van der Waals surface area contributed by atoms with Gasteiger partial charge in [-0.25, -0.2) is 0 Å². The van der Waals surface area contributed by atoms with E-state index in [2.05, 4.69) is 19.1 Å². The number of rotatable bonds is 1. The Morgan fingerprint density at radius 1 is 1.26 bits per heavy atom. The van der Waals surface area contributed by atoms with Crippen LogP contribution >= 0.6 is 0 Å². The van der Waals surface area contributed by atoms with Crippen LogP contribution in [0.4, 0.5) is 0 Å².